The summed E-state index contributed by atoms with van der Waals surface area (Å²) < 4.78 is 11.9. The van der Waals surface area contributed by atoms with Crippen LogP contribution in [0.4, 0.5) is 0 Å². The third-order valence-corrected chi connectivity index (χ3v) is 11.9. The zero-order chi connectivity index (χ0) is 43.7. The maximum absolute atomic E-state index is 14.4. The zero-order valence-electron chi connectivity index (χ0n) is 37.5. The minimum Gasteiger partial charge on any atom is -0.480 e. The Bertz CT molecular complexity index is 1430. The van der Waals surface area contributed by atoms with Crippen molar-refractivity contribution in [3.8, 4) is 0 Å². The highest BCUT2D eigenvalue weighted by Crippen LogP contribution is 2.30. The van der Waals surface area contributed by atoms with Crippen molar-refractivity contribution in [3.63, 3.8) is 0 Å². The Morgan fingerprint density at radius 1 is 0.914 bits per heavy atom. The van der Waals surface area contributed by atoms with Gasteiger partial charge in [-0.15, -0.1) is 0 Å². The van der Waals surface area contributed by atoms with Crippen molar-refractivity contribution in [2.24, 2.45) is 23.7 Å². The van der Waals surface area contributed by atoms with E-state index < -0.39 is 60.2 Å². The van der Waals surface area contributed by atoms with Crippen LogP contribution in [0.25, 0.3) is 0 Å². The number of carbonyl (C=O) groups is 5. The molecule has 2 unspecified atom stereocenters. The molecule has 4 N–H and O–H groups in total. The monoisotopic (exact) mass is 817 g/mol. The second kappa shape index (κ2) is 25.1. The number of benzene rings is 1. The standard InChI is InChI=1S/C44H76N6O8/c1-13-30(6)39(49(10)43(54)37(28(2)3)47-42(53)38(29(4)5)48(9)24-18-17-23-45-8)35(57-11)27-36(51)50-25-19-22-34(50)40(58-12)31(7)41(52)46-33(44(55)56)26-32-20-15-14-16-21-32/h14-16,20-21,28-31,33-35,37-40,45H,13,17-19,22-27H2,1-12H3,(H,46,52)(H,47,53)(H,55,56)/t30-,31+,33-,34-,35+,37-,38?,39?,40+/m0/s1. The molecule has 1 aliphatic rings. The van der Waals surface area contributed by atoms with E-state index in [-0.39, 0.29) is 48.3 Å². The van der Waals surface area contributed by atoms with E-state index >= 15 is 0 Å². The first kappa shape index (κ1) is 50.6. The van der Waals surface area contributed by atoms with Gasteiger partial charge in [-0.2, -0.15) is 0 Å². The molecule has 14 nitrogen and oxygen atoms in total. The van der Waals surface area contributed by atoms with Crippen molar-refractivity contribution in [2.45, 2.75) is 136 Å². The summed E-state index contributed by atoms with van der Waals surface area (Å²) in [6, 6.07) is 5.88. The van der Waals surface area contributed by atoms with Crippen molar-refractivity contribution in [3.05, 3.63) is 35.9 Å². The third kappa shape index (κ3) is 14.3. The zero-order valence-corrected chi connectivity index (χ0v) is 37.5. The number of ether oxygens (including phenoxy) is 2. The number of carboxylic acid groups (broad SMARTS) is 1. The highest BCUT2D eigenvalue weighted by Gasteiger charge is 2.43. The Morgan fingerprint density at radius 3 is 2.10 bits per heavy atom. The Labute approximate surface area is 348 Å². The van der Waals surface area contributed by atoms with Crippen LogP contribution >= 0.6 is 0 Å². The van der Waals surface area contributed by atoms with Crippen LogP contribution in [0.1, 0.15) is 92.6 Å². The number of aliphatic carboxylic acids is 1. The summed E-state index contributed by atoms with van der Waals surface area (Å²) in [5.74, 6) is -3.20. The molecule has 14 heteroatoms. The molecule has 0 aliphatic carbocycles. The number of amides is 4. The van der Waals surface area contributed by atoms with Gasteiger partial charge < -0.3 is 40.3 Å². The van der Waals surface area contributed by atoms with Crippen LogP contribution < -0.4 is 16.0 Å². The quantitative estimate of drug-likeness (QED) is 0.101. The van der Waals surface area contributed by atoms with Gasteiger partial charge in [0.25, 0.3) is 0 Å². The molecule has 0 radical (unpaired) electrons. The van der Waals surface area contributed by atoms with Crippen LogP contribution in [0.15, 0.2) is 30.3 Å². The summed E-state index contributed by atoms with van der Waals surface area (Å²) in [6.45, 7) is 15.8. The van der Waals surface area contributed by atoms with Gasteiger partial charge in [-0.05, 0) is 76.2 Å². The number of methoxy groups -OCH3 is 2. The molecule has 2 rings (SSSR count). The molecule has 4 amide bonds. The lowest BCUT2D eigenvalue weighted by Crippen LogP contribution is -2.60. The van der Waals surface area contributed by atoms with Crippen molar-refractivity contribution < 1.29 is 38.6 Å². The number of nitrogens with one attached hydrogen (secondary N) is 3. The number of likely N-dealkylation sites (tertiary alicyclic amines) is 1. The number of nitrogens with zero attached hydrogens (tertiary/aromatic N) is 3. The highest BCUT2D eigenvalue weighted by atomic mass is 16.5. The summed E-state index contributed by atoms with van der Waals surface area (Å²) in [5.41, 5.74) is 0.785. The molecule has 1 fully saturated rings. The smallest absolute Gasteiger partial charge is 0.326 e. The number of hydrogen-bond acceptors (Lipinski definition) is 9. The van der Waals surface area contributed by atoms with E-state index in [9.17, 15) is 29.1 Å². The van der Waals surface area contributed by atoms with Gasteiger partial charge in [0, 0.05) is 34.2 Å². The predicted octanol–water partition coefficient (Wildman–Crippen LogP) is 3.82. The van der Waals surface area contributed by atoms with Crippen LogP contribution in [0, 0.1) is 23.7 Å². The minimum absolute atomic E-state index is 0.0126. The van der Waals surface area contributed by atoms with E-state index in [0.29, 0.717) is 19.4 Å². The minimum atomic E-state index is -1.14. The largest absolute Gasteiger partial charge is 0.480 e. The average Bonchev–Trinajstić information content (AvgIpc) is 3.67. The fraction of sp³-hybridized carbons (Fsp3) is 0.750. The maximum Gasteiger partial charge on any atom is 0.326 e. The van der Waals surface area contributed by atoms with Crippen LogP contribution in [0.2, 0.25) is 0 Å². The number of carboxylic acids is 1. The van der Waals surface area contributed by atoms with Gasteiger partial charge in [-0.3, -0.25) is 24.1 Å². The van der Waals surface area contributed by atoms with E-state index in [2.05, 4.69) is 20.9 Å². The molecule has 0 aromatic heterocycles. The predicted molar refractivity (Wildman–Crippen MR) is 227 cm³/mol. The van der Waals surface area contributed by atoms with Crippen molar-refractivity contribution in [2.75, 3.05) is 55.0 Å². The van der Waals surface area contributed by atoms with Gasteiger partial charge in [0.1, 0.15) is 12.1 Å². The van der Waals surface area contributed by atoms with Crippen LogP contribution in [-0.2, 0) is 39.9 Å². The fourth-order valence-corrected chi connectivity index (χ4v) is 8.44. The number of hydrogen-bond donors (Lipinski definition) is 4. The average molecular weight is 817 g/mol. The number of likely N-dealkylation sites (N-methyl/N-ethyl adjacent to an activating group) is 2. The summed E-state index contributed by atoms with van der Waals surface area (Å²) in [6.07, 6.45) is 2.74. The van der Waals surface area contributed by atoms with E-state index in [1.54, 1.807) is 30.9 Å². The van der Waals surface area contributed by atoms with Crippen molar-refractivity contribution in [1.82, 2.24) is 30.7 Å². The van der Waals surface area contributed by atoms with E-state index in [4.69, 9.17) is 9.47 Å². The van der Waals surface area contributed by atoms with Crippen LogP contribution in [-0.4, -0.2) is 147 Å². The third-order valence-electron chi connectivity index (χ3n) is 11.9. The van der Waals surface area contributed by atoms with Gasteiger partial charge in [-0.1, -0.05) is 85.2 Å². The molecule has 330 valence electrons. The first-order valence-corrected chi connectivity index (χ1v) is 21.3. The second-order valence-corrected chi connectivity index (χ2v) is 16.9. The van der Waals surface area contributed by atoms with Crippen molar-refractivity contribution in [1.29, 1.82) is 0 Å². The molecule has 9 atom stereocenters. The lowest BCUT2D eigenvalue weighted by molar-refractivity contribution is -0.148. The molecule has 1 aromatic rings. The molecule has 1 heterocycles. The first-order valence-electron chi connectivity index (χ1n) is 21.3. The molecule has 0 bridgehead atoms. The molecule has 0 saturated carbocycles. The molecule has 58 heavy (non-hydrogen) atoms. The Balaban J connectivity index is 2.26. The van der Waals surface area contributed by atoms with E-state index in [1.807, 2.05) is 86.0 Å². The number of rotatable bonds is 26. The SMILES string of the molecule is CC[C@H](C)C([C@@H](CC(=O)N1CCC[C@H]1[C@H](OC)[C@@H](C)C(=O)N[C@@H](Cc1ccccc1)C(=O)O)OC)N(C)C(=O)[C@@H](NC(=O)C(C(C)C)N(C)CCCCNC)C(C)C. The molecule has 1 saturated heterocycles. The lowest BCUT2D eigenvalue weighted by Gasteiger charge is -2.41. The molecular weight excluding hydrogens is 741 g/mol. The van der Waals surface area contributed by atoms with E-state index in [0.717, 1.165) is 37.9 Å². The van der Waals surface area contributed by atoms with Gasteiger partial charge in [0.2, 0.25) is 23.6 Å². The Morgan fingerprint density at radius 2 is 1.57 bits per heavy atom. The van der Waals surface area contributed by atoms with Gasteiger partial charge >= 0.3 is 5.97 Å². The molecule has 0 spiro atoms. The number of carbonyl (C=O) groups excluding carboxylic acids is 4. The Kier molecular flexibility index (Phi) is 21.9. The fourth-order valence-electron chi connectivity index (χ4n) is 8.44. The van der Waals surface area contributed by atoms with E-state index in [1.165, 1.54) is 7.11 Å². The first-order chi connectivity index (χ1) is 27.4. The summed E-state index contributed by atoms with van der Waals surface area (Å²) in [4.78, 5) is 73.7. The van der Waals surface area contributed by atoms with Gasteiger partial charge in [0.05, 0.1) is 42.7 Å². The maximum atomic E-state index is 14.4. The van der Waals surface area contributed by atoms with Crippen molar-refractivity contribution >= 4 is 29.6 Å². The van der Waals surface area contributed by atoms with Crippen LogP contribution in [0.5, 0.6) is 0 Å². The molecule has 1 aromatic carbocycles. The summed E-state index contributed by atoms with van der Waals surface area (Å²) in [5, 5.41) is 18.9. The summed E-state index contributed by atoms with van der Waals surface area (Å²) >= 11 is 0. The molecule has 1 aliphatic heterocycles. The molecular formula is C44H76N6O8. The normalized spacial score (nSPS) is 18.6. The topological polar surface area (TPSA) is 170 Å². The summed E-state index contributed by atoms with van der Waals surface area (Å²) in [7, 11) is 8.66. The second-order valence-electron chi connectivity index (χ2n) is 16.9. The van der Waals surface area contributed by atoms with Gasteiger partial charge in [0.15, 0.2) is 0 Å². The van der Waals surface area contributed by atoms with Gasteiger partial charge in [-0.25, -0.2) is 4.79 Å². The Hall–Kier alpha value is -3.59. The lowest BCUT2D eigenvalue weighted by atomic mass is 9.89. The van der Waals surface area contributed by atoms with Crippen LogP contribution in [0.3, 0.4) is 0 Å². The number of unbranched alkanes of at least 4 members (excludes halogenated alkanes) is 1. The highest BCUT2D eigenvalue weighted by molar-refractivity contribution is 5.90.